The third-order valence-electron chi connectivity index (χ3n) is 8.29. The molecule has 2 aromatic carbocycles. The summed E-state index contributed by atoms with van der Waals surface area (Å²) >= 11 is 0. The van der Waals surface area contributed by atoms with Crippen LogP contribution in [0.3, 0.4) is 0 Å². The maximum Gasteiger partial charge on any atom is 3.00 e. The van der Waals surface area contributed by atoms with Gasteiger partial charge in [-0.2, -0.15) is 0 Å². The number of aliphatic imine (C=N–C) groups is 2. The zero-order valence-electron chi connectivity index (χ0n) is 30.4. The third kappa shape index (κ3) is 14.9. The van der Waals surface area contributed by atoms with Gasteiger partial charge in [0.1, 0.15) is 0 Å². The summed E-state index contributed by atoms with van der Waals surface area (Å²) in [5.74, 6) is 0. The molecule has 1 aromatic heterocycles. The van der Waals surface area contributed by atoms with Gasteiger partial charge in [0.05, 0.1) is 34.2 Å². The molecule has 3 rings (SSSR count). The molecule has 0 N–H and O–H groups in total. The number of rotatable bonds is 16. The second-order valence-electron chi connectivity index (χ2n) is 12.6. The predicted molar refractivity (Wildman–Crippen MR) is 190 cm³/mol. The van der Waals surface area contributed by atoms with E-state index in [1.165, 1.54) is 102 Å². The number of aryl methyl sites for hydroxylation is 7. The van der Waals surface area contributed by atoms with E-state index in [0.29, 0.717) is 0 Å². The molecule has 0 spiro atoms. The molecular weight excluding hydrogens is 773 g/mol. The number of pyridine rings is 1. The monoisotopic (exact) mass is 826 g/mol. The van der Waals surface area contributed by atoms with Crippen LogP contribution >= 0.6 is 0 Å². The number of hydrogen-bond donors (Lipinski definition) is 0. The van der Waals surface area contributed by atoms with Crippen molar-refractivity contribution in [1.82, 2.24) is 4.98 Å². The van der Waals surface area contributed by atoms with Crippen LogP contribution < -0.4 is 37.2 Å². The van der Waals surface area contributed by atoms with E-state index in [9.17, 15) is 0 Å². The fourth-order valence-corrected chi connectivity index (χ4v) is 5.87. The Labute approximate surface area is 338 Å². The number of halogens is 3. The standard InChI is InChI=1S/C40H57N3.3ClH.Nd/c1-10-14-18-33-22-28(5)23-34(19-15-11-2)39(33)41-31(8)37-26-30(7)27-38(43-37)32(9)42-40-35(20-16-12-3)24-29(6)25-36(40)21-17-13-4;;;;/h22-27H,10-21H2,1-9H3;3*1H;/q;;;;+3/p-3. The Balaban J connectivity index is 0. The fourth-order valence-electron chi connectivity index (χ4n) is 5.87. The van der Waals surface area contributed by atoms with Gasteiger partial charge in [0, 0.05) is 0 Å². The molecule has 0 amide bonds. The van der Waals surface area contributed by atoms with E-state index in [2.05, 4.69) is 98.7 Å². The van der Waals surface area contributed by atoms with E-state index in [1.54, 1.807) is 0 Å². The maximum atomic E-state index is 5.32. The zero-order chi connectivity index (χ0) is 31.4. The van der Waals surface area contributed by atoms with E-state index in [0.717, 1.165) is 48.5 Å². The second-order valence-corrected chi connectivity index (χ2v) is 12.6. The minimum Gasteiger partial charge on any atom is -1.00 e. The average Bonchev–Trinajstić information content (AvgIpc) is 2.98. The van der Waals surface area contributed by atoms with Crippen molar-refractivity contribution in [3.05, 3.63) is 86.7 Å². The van der Waals surface area contributed by atoms with Crippen LogP contribution in [-0.2, 0) is 25.7 Å². The van der Waals surface area contributed by atoms with Gasteiger partial charge in [-0.15, -0.1) is 0 Å². The predicted octanol–water partition coefficient (Wildman–Crippen LogP) is 2.67. The molecular formula is C40H57Cl3N3Nd. The number of nitrogens with zero attached hydrogens (tertiary/aromatic N) is 3. The Morgan fingerprint density at radius 1 is 0.489 bits per heavy atom. The van der Waals surface area contributed by atoms with Gasteiger partial charge in [0.2, 0.25) is 0 Å². The molecule has 7 heteroatoms. The van der Waals surface area contributed by atoms with Crippen molar-refractivity contribution in [3.63, 3.8) is 0 Å². The largest absolute Gasteiger partial charge is 3.00 e. The summed E-state index contributed by atoms with van der Waals surface area (Å²) in [6, 6.07) is 13.7. The van der Waals surface area contributed by atoms with Crippen LogP contribution in [0.1, 0.15) is 143 Å². The van der Waals surface area contributed by atoms with Crippen LogP contribution in [0.15, 0.2) is 46.4 Å². The van der Waals surface area contributed by atoms with Crippen LogP contribution in [-0.4, -0.2) is 16.4 Å². The summed E-state index contributed by atoms with van der Waals surface area (Å²) in [5.41, 5.74) is 15.5. The molecule has 47 heavy (non-hydrogen) atoms. The molecule has 257 valence electrons. The average molecular weight is 831 g/mol. The van der Waals surface area contributed by atoms with Gasteiger partial charge < -0.3 is 37.2 Å². The Kier molecular flexibility index (Phi) is 25.8. The molecule has 0 aliphatic rings. The van der Waals surface area contributed by atoms with Crippen molar-refractivity contribution in [2.75, 3.05) is 0 Å². The van der Waals surface area contributed by atoms with Crippen molar-refractivity contribution in [2.24, 2.45) is 9.98 Å². The second kappa shape index (κ2) is 25.2. The molecule has 3 nitrogen and oxygen atoms in total. The Bertz CT molecular complexity index is 1270. The van der Waals surface area contributed by atoms with Crippen LogP contribution in [0.4, 0.5) is 11.4 Å². The van der Waals surface area contributed by atoms with Gasteiger partial charge in [0.15, 0.2) is 0 Å². The molecule has 0 atom stereocenters. The number of hydrogen-bond acceptors (Lipinski definition) is 3. The summed E-state index contributed by atoms with van der Waals surface area (Å²) < 4.78 is 0. The normalized spacial score (nSPS) is 11.3. The Morgan fingerprint density at radius 2 is 0.745 bits per heavy atom. The Hall–Kier alpha value is -0.849. The Morgan fingerprint density at radius 3 is 1.00 bits per heavy atom. The number of aromatic nitrogens is 1. The van der Waals surface area contributed by atoms with Gasteiger partial charge in [0.25, 0.3) is 0 Å². The third-order valence-corrected chi connectivity index (χ3v) is 8.29. The summed E-state index contributed by atoms with van der Waals surface area (Å²) in [7, 11) is 0. The number of unbranched alkanes of at least 4 members (excludes halogenated alkanes) is 4. The first-order chi connectivity index (χ1) is 20.7. The molecule has 0 aliphatic heterocycles. The summed E-state index contributed by atoms with van der Waals surface area (Å²) in [4.78, 5) is 15.8. The van der Waals surface area contributed by atoms with E-state index in [4.69, 9.17) is 15.0 Å². The van der Waals surface area contributed by atoms with Crippen molar-refractivity contribution >= 4 is 22.8 Å². The molecule has 1 heterocycles. The van der Waals surface area contributed by atoms with Crippen molar-refractivity contribution < 1.29 is 78.1 Å². The van der Waals surface area contributed by atoms with Gasteiger partial charge in [-0.3, -0.25) is 9.98 Å². The van der Waals surface area contributed by atoms with Gasteiger partial charge in [-0.25, -0.2) is 4.98 Å². The molecule has 0 fully saturated rings. The molecule has 3 aromatic rings. The van der Waals surface area contributed by atoms with Crippen molar-refractivity contribution in [1.29, 1.82) is 0 Å². The van der Waals surface area contributed by atoms with Crippen LogP contribution in [0.5, 0.6) is 0 Å². The van der Waals surface area contributed by atoms with Crippen LogP contribution in [0, 0.1) is 61.6 Å². The van der Waals surface area contributed by atoms with Crippen LogP contribution in [0.2, 0.25) is 0 Å². The van der Waals surface area contributed by atoms with E-state index < -0.39 is 0 Å². The van der Waals surface area contributed by atoms with Crippen molar-refractivity contribution in [3.8, 4) is 0 Å². The molecule has 0 aliphatic carbocycles. The fraction of sp³-hybridized carbons (Fsp3) is 0.525. The summed E-state index contributed by atoms with van der Waals surface area (Å²) in [6.45, 7) is 19.9. The quantitative estimate of drug-likeness (QED) is 0.205. The van der Waals surface area contributed by atoms with Crippen LogP contribution in [0.25, 0.3) is 0 Å². The molecule has 0 bridgehead atoms. The molecule has 1 radical (unpaired) electrons. The topological polar surface area (TPSA) is 37.6 Å². The maximum absolute atomic E-state index is 5.32. The first-order valence-electron chi connectivity index (χ1n) is 17.0. The van der Waals surface area contributed by atoms with E-state index in [-0.39, 0.29) is 78.1 Å². The van der Waals surface area contributed by atoms with Crippen molar-refractivity contribution in [2.45, 2.75) is 139 Å². The SMILES string of the molecule is CCCCc1cc(C)cc(CCCC)c1N=C(C)c1cc(C)cc(C(C)=Nc2c(CCCC)cc(C)cc2CCCC)n1.[Cl-].[Cl-].[Cl-].[Nd+3]. The van der Waals surface area contributed by atoms with E-state index in [1.807, 2.05) is 0 Å². The first kappa shape index (κ1) is 48.3. The van der Waals surface area contributed by atoms with Gasteiger partial charge in [-0.05, 0) is 126 Å². The molecule has 0 saturated heterocycles. The molecule has 0 unspecified atom stereocenters. The smallest absolute Gasteiger partial charge is 1.00 e. The zero-order valence-corrected chi connectivity index (χ0v) is 35.9. The summed E-state index contributed by atoms with van der Waals surface area (Å²) in [5, 5.41) is 0. The number of benzene rings is 2. The minimum absolute atomic E-state index is 0. The molecule has 0 saturated carbocycles. The van der Waals surface area contributed by atoms with Gasteiger partial charge in [-0.1, -0.05) is 88.8 Å². The summed E-state index contributed by atoms with van der Waals surface area (Å²) in [6.07, 6.45) is 13.7. The minimum atomic E-state index is 0. The van der Waals surface area contributed by atoms with Gasteiger partial charge >= 0.3 is 40.8 Å². The first-order valence-corrected chi connectivity index (χ1v) is 17.0. The van der Waals surface area contributed by atoms with E-state index >= 15 is 0 Å².